The minimum absolute atomic E-state index is 0.341. The van der Waals surface area contributed by atoms with E-state index in [9.17, 15) is 0 Å². The molecule has 1 aromatic carbocycles. The van der Waals surface area contributed by atoms with E-state index in [1.807, 2.05) is 0 Å². The van der Waals surface area contributed by atoms with Crippen molar-refractivity contribution in [3.8, 4) is 5.75 Å². The van der Waals surface area contributed by atoms with Gasteiger partial charge in [-0.3, -0.25) is 4.90 Å². The Morgan fingerprint density at radius 1 is 1.35 bits per heavy atom. The maximum atomic E-state index is 5.87. The molecule has 0 radical (unpaired) electrons. The summed E-state index contributed by atoms with van der Waals surface area (Å²) in [6.07, 6.45) is 5.18. The number of hydrogen-bond donors (Lipinski definition) is 1. The van der Waals surface area contributed by atoms with Crippen LogP contribution in [0.2, 0.25) is 0 Å². The zero-order chi connectivity index (χ0) is 13.8. The average molecular weight is 274 g/mol. The van der Waals surface area contributed by atoms with E-state index in [4.69, 9.17) is 4.74 Å². The van der Waals surface area contributed by atoms with Crippen LogP contribution in [0, 0.1) is 0 Å². The fourth-order valence-corrected chi connectivity index (χ4v) is 3.72. The summed E-state index contributed by atoms with van der Waals surface area (Å²) >= 11 is 0. The second-order valence-electron chi connectivity index (χ2n) is 6.23. The summed E-state index contributed by atoms with van der Waals surface area (Å²) in [4.78, 5) is 2.57. The largest absolute Gasteiger partial charge is 0.492 e. The standard InChI is InChI=1S/C17H26N2O/c1-2-8-17(9-5-10-18-17)14-19-11-12-20-16-7-4-3-6-15(16)13-19/h3-4,6-7,18H,2,5,8-14H2,1H3. The quantitative estimate of drug-likeness (QED) is 0.913. The number of benzene rings is 1. The van der Waals surface area contributed by atoms with Gasteiger partial charge in [-0.1, -0.05) is 31.5 Å². The van der Waals surface area contributed by atoms with Gasteiger partial charge >= 0.3 is 0 Å². The molecular weight excluding hydrogens is 248 g/mol. The molecule has 3 rings (SSSR count). The molecule has 1 fully saturated rings. The topological polar surface area (TPSA) is 24.5 Å². The highest BCUT2D eigenvalue weighted by molar-refractivity contribution is 5.33. The molecule has 1 aromatic rings. The van der Waals surface area contributed by atoms with Gasteiger partial charge in [0.15, 0.2) is 0 Å². The summed E-state index contributed by atoms with van der Waals surface area (Å²) in [7, 11) is 0. The molecule has 3 heteroatoms. The number of para-hydroxylation sites is 1. The van der Waals surface area contributed by atoms with Crippen LogP contribution >= 0.6 is 0 Å². The van der Waals surface area contributed by atoms with Crippen molar-refractivity contribution in [2.75, 3.05) is 26.2 Å². The smallest absolute Gasteiger partial charge is 0.123 e. The van der Waals surface area contributed by atoms with E-state index in [0.29, 0.717) is 5.54 Å². The van der Waals surface area contributed by atoms with E-state index in [1.165, 1.54) is 37.8 Å². The molecule has 2 aliphatic rings. The SMILES string of the molecule is CCCC1(CN2CCOc3ccccc3C2)CCCN1. The summed E-state index contributed by atoms with van der Waals surface area (Å²) < 4.78 is 5.87. The molecule has 0 bridgehead atoms. The lowest BCUT2D eigenvalue weighted by molar-refractivity contribution is 0.163. The van der Waals surface area contributed by atoms with Crippen molar-refractivity contribution >= 4 is 0 Å². The Bertz CT molecular complexity index is 440. The molecule has 0 amide bonds. The van der Waals surface area contributed by atoms with Crippen molar-refractivity contribution in [2.45, 2.75) is 44.7 Å². The fourth-order valence-electron chi connectivity index (χ4n) is 3.72. The highest BCUT2D eigenvalue weighted by Crippen LogP contribution is 2.28. The Balaban J connectivity index is 1.71. The van der Waals surface area contributed by atoms with E-state index in [-0.39, 0.29) is 0 Å². The first-order chi connectivity index (χ1) is 9.81. The fraction of sp³-hybridized carbons (Fsp3) is 0.647. The second kappa shape index (κ2) is 6.15. The van der Waals surface area contributed by atoms with Crippen LogP contribution in [-0.4, -0.2) is 36.7 Å². The van der Waals surface area contributed by atoms with Crippen molar-refractivity contribution in [3.63, 3.8) is 0 Å². The van der Waals surface area contributed by atoms with Gasteiger partial charge in [-0.25, -0.2) is 0 Å². The third-order valence-corrected chi connectivity index (χ3v) is 4.62. The van der Waals surface area contributed by atoms with Crippen LogP contribution < -0.4 is 10.1 Å². The van der Waals surface area contributed by atoms with Gasteiger partial charge in [-0.2, -0.15) is 0 Å². The van der Waals surface area contributed by atoms with E-state index >= 15 is 0 Å². The van der Waals surface area contributed by atoms with Crippen LogP contribution in [0.15, 0.2) is 24.3 Å². The van der Waals surface area contributed by atoms with Crippen LogP contribution in [0.4, 0.5) is 0 Å². The zero-order valence-electron chi connectivity index (χ0n) is 12.5. The predicted octanol–water partition coefficient (Wildman–Crippen LogP) is 2.80. The van der Waals surface area contributed by atoms with E-state index in [2.05, 4.69) is 41.4 Å². The normalized spacial score (nSPS) is 26.9. The first-order valence-corrected chi connectivity index (χ1v) is 7.99. The maximum Gasteiger partial charge on any atom is 0.123 e. The number of fused-ring (bicyclic) bond motifs is 1. The number of ether oxygens (including phenoxy) is 1. The van der Waals surface area contributed by atoms with Gasteiger partial charge in [0, 0.05) is 30.7 Å². The lowest BCUT2D eigenvalue weighted by Gasteiger charge is -2.35. The van der Waals surface area contributed by atoms with Crippen LogP contribution in [0.25, 0.3) is 0 Å². The first-order valence-electron chi connectivity index (χ1n) is 7.99. The van der Waals surface area contributed by atoms with Crippen molar-refractivity contribution in [2.24, 2.45) is 0 Å². The molecule has 1 unspecified atom stereocenters. The van der Waals surface area contributed by atoms with E-state index in [1.54, 1.807) is 0 Å². The van der Waals surface area contributed by atoms with Gasteiger partial charge in [0.05, 0.1) is 0 Å². The molecule has 110 valence electrons. The van der Waals surface area contributed by atoms with Crippen molar-refractivity contribution in [1.29, 1.82) is 0 Å². The Morgan fingerprint density at radius 2 is 2.25 bits per heavy atom. The van der Waals surface area contributed by atoms with Gasteiger partial charge in [-0.15, -0.1) is 0 Å². The Hall–Kier alpha value is -1.06. The molecule has 0 spiro atoms. The molecule has 20 heavy (non-hydrogen) atoms. The van der Waals surface area contributed by atoms with Crippen LogP contribution in [0.5, 0.6) is 5.75 Å². The lowest BCUT2D eigenvalue weighted by atomic mass is 9.91. The highest BCUT2D eigenvalue weighted by atomic mass is 16.5. The molecule has 1 atom stereocenters. The summed E-state index contributed by atoms with van der Waals surface area (Å²) in [5.74, 6) is 1.07. The zero-order valence-corrected chi connectivity index (χ0v) is 12.5. The summed E-state index contributed by atoms with van der Waals surface area (Å²) in [6.45, 7) is 7.48. The van der Waals surface area contributed by atoms with Gasteiger partial charge in [0.1, 0.15) is 12.4 Å². The van der Waals surface area contributed by atoms with E-state index < -0.39 is 0 Å². The number of hydrogen-bond acceptors (Lipinski definition) is 3. The summed E-state index contributed by atoms with van der Waals surface area (Å²) in [5, 5.41) is 3.78. The third kappa shape index (κ3) is 2.99. The monoisotopic (exact) mass is 274 g/mol. The molecular formula is C17H26N2O. The Morgan fingerprint density at radius 3 is 3.05 bits per heavy atom. The number of nitrogens with one attached hydrogen (secondary N) is 1. The molecule has 1 saturated heterocycles. The van der Waals surface area contributed by atoms with E-state index in [0.717, 1.165) is 32.0 Å². The third-order valence-electron chi connectivity index (χ3n) is 4.62. The molecule has 2 aliphatic heterocycles. The predicted molar refractivity (Wildman–Crippen MR) is 82.1 cm³/mol. The van der Waals surface area contributed by atoms with Crippen LogP contribution in [0.1, 0.15) is 38.2 Å². The Kier molecular flexibility index (Phi) is 4.27. The van der Waals surface area contributed by atoms with Crippen LogP contribution in [-0.2, 0) is 6.54 Å². The molecule has 0 saturated carbocycles. The minimum atomic E-state index is 0.341. The Labute approximate surface area is 122 Å². The van der Waals surface area contributed by atoms with Gasteiger partial charge in [-0.05, 0) is 31.9 Å². The molecule has 2 heterocycles. The summed E-state index contributed by atoms with van der Waals surface area (Å²) in [6, 6.07) is 8.46. The molecule has 3 nitrogen and oxygen atoms in total. The van der Waals surface area contributed by atoms with Gasteiger partial charge in [0.2, 0.25) is 0 Å². The van der Waals surface area contributed by atoms with Crippen molar-refractivity contribution in [3.05, 3.63) is 29.8 Å². The minimum Gasteiger partial charge on any atom is -0.492 e. The van der Waals surface area contributed by atoms with Crippen LogP contribution in [0.3, 0.4) is 0 Å². The first kappa shape index (κ1) is 13.9. The van der Waals surface area contributed by atoms with Crippen molar-refractivity contribution in [1.82, 2.24) is 10.2 Å². The molecule has 0 aromatic heterocycles. The maximum absolute atomic E-state index is 5.87. The van der Waals surface area contributed by atoms with Crippen molar-refractivity contribution < 1.29 is 4.74 Å². The lowest BCUT2D eigenvalue weighted by Crippen LogP contribution is -2.50. The number of rotatable bonds is 4. The highest BCUT2D eigenvalue weighted by Gasteiger charge is 2.34. The summed E-state index contributed by atoms with van der Waals surface area (Å²) in [5.41, 5.74) is 1.67. The average Bonchev–Trinajstić information content (AvgIpc) is 2.80. The molecule has 1 N–H and O–H groups in total. The van der Waals surface area contributed by atoms with Gasteiger partial charge < -0.3 is 10.1 Å². The molecule has 0 aliphatic carbocycles. The second-order valence-corrected chi connectivity index (χ2v) is 6.23. The van der Waals surface area contributed by atoms with Gasteiger partial charge in [0.25, 0.3) is 0 Å². The number of nitrogens with zero attached hydrogens (tertiary/aromatic N) is 1.